The smallest absolute Gasteiger partial charge is 0.247 e. The van der Waals surface area contributed by atoms with Crippen LogP contribution >= 0.6 is 34.5 Å². The summed E-state index contributed by atoms with van der Waals surface area (Å²) in [4.78, 5) is 21.2. The molecule has 2 fully saturated rings. The van der Waals surface area contributed by atoms with Crippen LogP contribution in [0.4, 0.5) is 5.13 Å². The minimum Gasteiger partial charge on any atom is -0.273 e. The van der Waals surface area contributed by atoms with Crippen molar-refractivity contribution in [3.63, 3.8) is 0 Å². The molecule has 4 rings (SSSR count). The lowest BCUT2D eigenvalue weighted by atomic mass is 10.1. The molecule has 22 heavy (non-hydrogen) atoms. The van der Waals surface area contributed by atoms with E-state index in [0.717, 1.165) is 30.1 Å². The van der Waals surface area contributed by atoms with Crippen LogP contribution in [-0.4, -0.2) is 28.4 Å². The number of aromatic nitrogens is 1. The Kier molecular flexibility index (Phi) is 3.61. The van der Waals surface area contributed by atoms with Crippen LogP contribution in [0, 0.1) is 0 Å². The van der Waals surface area contributed by atoms with E-state index < -0.39 is 0 Å². The first-order valence-corrected chi connectivity index (χ1v) is 8.73. The molecule has 1 aromatic heterocycles. The van der Waals surface area contributed by atoms with Crippen molar-refractivity contribution in [2.45, 2.75) is 25.0 Å². The highest BCUT2D eigenvalue weighted by atomic mass is 35.5. The zero-order chi connectivity index (χ0) is 15.3. The minimum absolute atomic E-state index is 0.0688. The van der Waals surface area contributed by atoms with Gasteiger partial charge in [0.1, 0.15) is 6.17 Å². The molecule has 0 N–H and O–H groups in total. The molecule has 0 radical (unpaired) electrons. The quantitative estimate of drug-likeness (QED) is 0.819. The van der Waals surface area contributed by atoms with E-state index in [4.69, 9.17) is 23.2 Å². The molecule has 114 valence electrons. The number of amides is 1. The highest BCUT2D eigenvalue weighted by molar-refractivity contribution is 7.13. The Morgan fingerprint density at radius 2 is 2.18 bits per heavy atom. The Bertz CT molecular complexity index is 722. The summed E-state index contributed by atoms with van der Waals surface area (Å²) in [5, 5.41) is 3.78. The topological polar surface area (TPSA) is 36.4 Å². The van der Waals surface area contributed by atoms with Crippen molar-refractivity contribution in [1.29, 1.82) is 0 Å². The van der Waals surface area contributed by atoms with Crippen molar-refractivity contribution < 1.29 is 4.79 Å². The molecule has 0 spiro atoms. The minimum atomic E-state index is -0.198. The van der Waals surface area contributed by atoms with E-state index in [9.17, 15) is 4.79 Å². The zero-order valence-electron chi connectivity index (χ0n) is 11.6. The summed E-state index contributed by atoms with van der Waals surface area (Å²) >= 11 is 13.9. The molecule has 0 bridgehead atoms. The van der Waals surface area contributed by atoms with Gasteiger partial charge in [0.25, 0.3) is 0 Å². The van der Waals surface area contributed by atoms with Gasteiger partial charge in [-0.25, -0.2) is 4.98 Å². The molecule has 2 atom stereocenters. The molecule has 3 heterocycles. The Balaban J connectivity index is 1.84. The maximum Gasteiger partial charge on any atom is 0.247 e. The fourth-order valence-corrected chi connectivity index (χ4v) is 4.51. The number of halogens is 2. The van der Waals surface area contributed by atoms with Crippen LogP contribution in [0.1, 0.15) is 24.6 Å². The SMILES string of the molecule is O=C1[C@@H]2CCCN2[C@@H](c2ccc(Cl)cc2Cl)N1c1nccs1. The Morgan fingerprint density at radius 3 is 2.91 bits per heavy atom. The number of anilines is 1. The molecular weight excluding hydrogens is 341 g/mol. The van der Waals surface area contributed by atoms with Gasteiger partial charge in [0.15, 0.2) is 5.13 Å². The molecule has 0 unspecified atom stereocenters. The van der Waals surface area contributed by atoms with Crippen LogP contribution < -0.4 is 4.90 Å². The lowest BCUT2D eigenvalue weighted by Crippen LogP contribution is -2.32. The normalized spacial score (nSPS) is 25.0. The van der Waals surface area contributed by atoms with Gasteiger partial charge < -0.3 is 0 Å². The van der Waals surface area contributed by atoms with E-state index in [1.807, 2.05) is 17.5 Å². The van der Waals surface area contributed by atoms with E-state index in [1.54, 1.807) is 17.2 Å². The Hall–Kier alpha value is -1.14. The van der Waals surface area contributed by atoms with Crippen LogP contribution in [0.3, 0.4) is 0 Å². The van der Waals surface area contributed by atoms with Gasteiger partial charge in [-0.15, -0.1) is 11.3 Å². The van der Waals surface area contributed by atoms with Crippen molar-refractivity contribution in [3.05, 3.63) is 45.4 Å². The molecule has 7 heteroatoms. The van der Waals surface area contributed by atoms with Gasteiger partial charge in [-0.2, -0.15) is 0 Å². The molecule has 2 aromatic rings. The summed E-state index contributed by atoms with van der Waals surface area (Å²) in [7, 11) is 0. The van der Waals surface area contributed by atoms with Crippen molar-refractivity contribution in [1.82, 2.24) is 9.88 Å². The van der Waals surface area contributed by atoms with Crippen LogP contribution in [0.5, 0.6) is 0 Å². The number of hydrogen-bond donors (Lipinski definition) is 0. The molecule has 4 nitrogen and oxygen atoms in total. The van der Waals surface area contributed by atoms with Crippen molar-refractivity contribution in [3.8, 4) is 0 Å². The molecule has 2 aliphatic rings. The van der Waals surface area contributed by atoms with Crippen LogP contribution in [0.25, 0.3) is 0 Å². The summed E-state index contributed by atoms with van der Waals surface area (Å²) in [6, 6.07) is 5.38. The van der Waals surface area contributed by atoms with Gasteiger partial charge in [-0.05, 0) is 25.0 Å². The number of hydrogen-bond acceptors (Lipinski definition) is 4. The van der Waals surface area contributed by atoms with Gasteiger partial charge in [-0.1, -0.05) is 29.3 Å². The second-order valence-electron chi connectivity index (χ2n) is 5.46. The van der Waals surface area contributed by atoms with Gasteiger partial charge in [0.05, 0.1) is 6.04 Å². The Morgan fingerprint density at radius 1 is 1.32 bits per heavy atom. The average molecular weight is 354 g/mol. The third kappa shape index (κ3) is 2.15. The third-order valence-electron chi connectivity index (χ3n) is 4.24. The number of nitrogens with zero attached hydrogens (tertiary/aromatic N) is 3. The molecule has 2 saturated heterocycles. The maximum atomic E-state index is 12.8. The summed E-state index contributed by atoms with van der Waals surface area (Å²) in [5.74, 6) is 0.114. The van der Waals surface area contributed by atoms with E-state index in [2.05, 4.69) is 9.88 Å². The largest absolute Gasteiger partial charge is 0.273 e. The second kappa shape index (κ2) is 5.49. The molecule has 1 aromatic carbocycles. The fourth-order valence-electron chi connectivity index (χ4n) is 3.34. The van der Waals surface area contributed by atoms with Crippen LogP contribution in [-0.2, 0) is 4.79 Å². The van der Waals surface area contributed by atoms with Crippen LogP contribution in [0.2, 0.25) is 10.0 Å². The number of carbonyl (C=O) groups excluding carboxylic acids is 1. The Labute approximate surface area is 142 Å². The predicted octanol–water partition coefficient (Wildman–Crippen LogP) is 3.96. The number of fused-ring (bicyclic) bond motifs is 1. The third-order valence-corrected chi connectivity index (χ3v) is 5.57. The van der Waals surface area contributed by atoms with Crippen LogP contribution in [0.15, 0.2) is 29.8 Å². The number of rotatable bonds is 2. The molecule has 0 saturated carbocycles. The van der Waals surface area contributed by atoms with Gasteiger partial charge in [0.2, 0.25) is 5.91 Å². The predicted molar refractivity (Wildman–Crippen MR) is 88.5 cm³/mol. The average Bonchev–Trinajstić information content (AvgIpc) is 3.18. The lowest BCUT2D eigenvalue weighted by Gasteiger charge is -2.28. The lowest BCUT2D eigenvalue weighted by molar-refractivity contribution is -0.119. The highest BCUT2D eigenvalue weighted by Crippen LogP contribution is 2.44. The number of carbonyl (C=O) groups is 1. The van der Waals surface area contributed by atoms with Gasteiger partial charge >= 0.3 is 0 Å². The molecule has 0 aliphatic carbocycles. The first kappa shape index (κ1) is 14.5. The van der Waals surface area contributed by atoms with Gasteiger partial charge in [-0.3, -0.25) is 14.6 Å². The fraction of sp³-hybridized carbons (Fsp3) is 0.333. The number of thiazole rings is 1. The second-order valence-corrected chi connectivity index (χ2v) is 7.17. The monoisotopic (exact) mass is 353 g/mol. The number of benzene rings is 1. The van der Waals surface area contributed by atoms with Crippen molar-refractivity contribution >= 4 is 45.6 Å². The van der Waals surface area contributed by atoms with Crippen molar-refractivity contribution in [2.24, 2.45) is 0 Å². The standard InChI is InChI=1S/C15H13Cl2N3OS/c16-9-3-4-10(11(17)8-9)13-19-6-1-2-12(19)14(21)20(13)15-18-5-7-22-15/h3-5,7-8,12-13H,1-2,6H2/t12-,13+/m0/s1. The molecule has 2 aliphatic heterocycles. The first-order valence-electron chi connectivity index (χ1n) is 7.10. The summed E-state index contributed by atoms with van der Waals surface area (Å²) in [5.41, 5.74) is 0.902. The van der Waals surface area contributed by atoms with E-state index in [0.29, 0.717) is 10.0 Å². The molecule has 1 amide bonds. The van der Waals surface area contributed by atoms with E-state index in [1.165, 1.54) is 11.3 Å². The summed E-state index contributed by atoms with van der Waals surface area (Å²) in [6.45, 7) is 0.891. The van der Waals surface area contributed by atoms with Crippen molar-refractivity contribution in [2.75, 3.05) is 11.4 Å². The van der Waals surface area contributed by atoms with E-state index in [-0.39, 0.29) is 18.1 Å². The maximum absolute atomic E-state index is 12.8. The van der Waals surface area contributed by atoms with Gasteiger partial charge in [0, 0.05) is 33.7 Å². The summed E-state index contributed by atoms with van der Waals surface area (Å²) in [6.07, 6.45) is 3.44. The highest BCUT2D eigenvalue weighted by Gasteiger charge is 2.50. The zero-order valence-corrected chi connectivity index (χ0v) is 13.9. The summed E-state index contributed by atoms with van der Waals surface area (Å²) < 4.78 is 0. The molecular formula is C15H13Cl2N3OS. The van der Waals surface area contributed by atoms with E-state index >= 15 is 0 Å². The first-order chi connectivity index (χ1) is 10.7.